The van der Waals surface area contributed by atoms with E-state index in [0.717, 1.165) is 38.1 Å². The maximum atomic E-state index is 13.2. The van der Waals surface area contributed by atoms with Crippen molar-refractivity contribution in [3.8, 4) is 5.75 Å². The lowest BCUT2D eigenvalue weighted by Crippen LogP contribution is -2.59. The minimum Gasteiger partial charge on any atom is -0.497 e. The fourth-order valence-electron chi connectivity index (χ4n) is 4.65. The molecule has 1 saturated heterocycles. The second-order valence-corrected chi connectivity index (χ2v) is 8.38. The zero-order valence-electron chi connectivity index (χ0n) is 18.6. The normalized spacial score (nSPS) is 18.4. The van der Waals surface area contributed by atoms with Crippen LogP contribution in [0.15, 0.2) is 36.9 Å². The summed E-state index contributed by atoms with van der Waals surface area (Å²) in [5.74, 6) is 1.37. The Balaban J connectivity index is 1.53. The van der Waals surface area contributed by atoms with Gasteiger partial charge in [-0.1, -0.05) is 31.1 Å². The van der Waals surface area contributed by atoms with E-state index >= 15 is 0 Å². The second kappa shape index (κ2) is 11.7. The Morgan fingerprint density at radius 1 is 1.13 bits per heavy atom. The zero-order chi connectivity index (χ0) is 22.1. The highest BCUT2D eigenvalue weighted by Crippen LogP contribution is 2.31. The largest absolute Gasteiger partial charge is 0.497 e. The van der Waals surface area contributed by atoms with Gasteiger partial charge in [0.25, 0.3) is 0 Å². The van der Waals surface area contributed by atoms with Crippen LogP contribution in [0, 0.1) is 5.92 Å². The molecule has 1 saturated carbocycles. The van der Waals surface area contributed by atoms with Gasteiger partial charge in [-0.25, -0.2) is 4.79 Å². The summed E-state index contributed by atoms with van der Waals surface area (Å²) in [6, 6.07) is 7.82. The van der Waals surface area contributed by atoms with Crippen molar-refractivity contribution < 1.29 is 14.3 Å². The minimum absolute atomic E-state index is 0.0547. The molecule has 1 aromatic carbocycles. The van der Waals surface area contributed by atoms with E-state index in [4.69, 9.17) is 4.74 Å². The molecule has 0 bridgehead atoms. The highest BCUT2D eigenvalue weighted by Gasteiger charge is 2.37. The fourth-order valence-corrected chi connectivity index (χ4v) is 4.65. The number of piperazine rings is 1. The first kappa shape index (κ1) is 23.1. The van der Waals surface area contributed by atoms with Gasteiger partial charge in [-0.3, -0.25) is 9.69 Å². The molecule has 2 fully saturated rings. The molecule has 0 radical (unpaired) electrons. The Morgan fingerprint density at radius 2 is 1.81 bits per heavy atom. The van der Waals surface area contributed by atoms with Crippen LogP contribution in [0.25, 0.3) is 0 Å². The molecule has 2 aliphatic rings. The molecular weight excluding hydrogens is 392 g/mol. The first-order valence-electron chi connectivity index (χ1n) is 11.4. The number of ether oxygens (including phenoxy) is 1. The summed E-state index contributed by atoms with van der Waals surface area (Å²) < 4.78 is 5.20. The maximum absolute atomic E-state index is 13.2. The van der Waals surface area contributed by atoms with Crippen molar-refractivity contribution in [3.05, 3.63) is 42.5 Å². The SMILES string of the molecule is C=CCNC(=O)N1CCN(C(C(=O)NCCc2ccc(OC)cc2)C2CCCC2)CC1. The van der Waals surface area contributed by atoms with Crippen LogP contribution >= 0.6 is 0 Å². The number of benzene rings is 1. The van der Waals surface area contributed by atoms with Gasteiger partial charge in [0.15, 0.2) is 0 Å². The molecule has 0 aromatic heterocycles. The molecule has 3 amide bonds. The van der Waals surface area contributed by atoms with Crippen LogP contribution in [-0.2, 0) is 11.2 Å². The average Bonchev–Trinajstić information content (AvgIpc) is 3.33. The Bertz CT molecular complexity index is 723. The Kier molecular flexibility index (Phi) is 8.76. The van der Waals surface area contributed by atoms with Crippen molar-refractivity contribution in [1.29, 1.82) is 0 Å². The molecule has 1 atom stereocenters. The lowest BCUT2D eigenvalue weighted by molar-refractivity contribution is -0.129. The molecule has 1 aliphatic carbocycles. The summed E-state index contributed by atoms with van der Waals surface area (Å²) in [6.07, 6.45) is 7.09. The first-order valence-corrected chi connectivity index (χ1v) is 11.4. The van der Waals surface area contributed by atoms with Crippen molar-refractivity contribution in [2.45, 2.75) is 38.1 Å². The van der Waals surface area contributed by atoms with Gasteiger partial charge in [0, 0.05) is 39.3 Å². The number of hydrogen-bond donors (Lipinski definition) is 2. The van der Waals surface area contributed by atoms with E-state index in [1.165, 1.54) is 18.4 Å². The number of rotatable bonds is 9. The molecule has 7 heteroatoms. The third kappa shape index (κ3) is 6.47. The van der Waals surface area contributed by atoms with E-state index < -0.39 is 0 Å². The van der Waals surface area contributed by atoms with Crippen molar-refractivity contribution >= 4 is 11.9 Å². The quantitative estimate of drug-likeness (QED) is 0.593. The monoisotopic (exact) mass is 428 g/mol. The summed E-state index contributed by atoms with van der Waals surface area (Å²) >= 11 is 0. The number of urea groups is 1. The molecule has 0 spiro atoms. The summed E-state index contributed by atoms with van der Waals surface area (Å²) in [4.78, 5) is 29.5. The highest BCUT2D eigenvalue weighted by molar-refractivity contribution is 5.82. The number of carbonyl (C=O) groups is 2. The molecule has 1 heterocycles. The number of hydrogen-bond acceptors (Lipinski definition) is 4. The van der Waals surface area contributed by atoms with E-state index in [1.807, 2.05) is 29.2 Å². The van der Waals surface area contributed by atoms with Gasteiger partial charge in [-0.15, -0.1) is 6.58 Å². The molecule has 2 N–H and O–H groups in total. The van der Waals surface area contributed by atoms with E-state index in [0.29, 0.717) is 32.1 Å². The lowest BCUT2D eigenvalue weighted by Gasteiger charge is -2.40. The maximum Gasteiger partial charge on any atom is 0.317 e. The van der Waals surface area contributed by atoms with Gasteiger partial charge >= 0.3 is 6.03 Å². The topological polar surface area (TPSA) is 73.9 Å². The molecule has 1 aromatic rings. The summed E-state index contributed by atoms with van der Waals surface area (Å²) in [7, 11) is 1.66. The molecule has 7 nitrogen and oxygen atoms in total. The first-order chi connectivity index (χ1) is 15.1. The third-order valence-corrected chi connectivity index (χ3v) is 6.38. The van der Waals surface area contributed by atoms with E-state index in [2.05, 4.69) is 22.1 Å². The zero-order valence-corrected chi connectivity index (χ0v) is 18.6. The van der Waals surface area contributed by atoms with Crippen molar-refractivity contribution in [2.75, 3.05) is 46.4 Å². The number of nitrogens with one attached hydrogen (secondary N) is 2. The van der Waals surface area contributed by atoms with Crippen LogP contribution in [0.2, 0.25) is 0 Å². The molecule has 1 unspecified atom stereocenters. The van der Waals surface area contributed by atoms with Gasteiger partial charge in [0.05, 0.1) is 13.2 Å². The highest BCUT2D eigenvalue weighted by atomic mass is 16.5. The average molecular weight is 429 g/mol. The summed E-state index contributed by atoms with van der Waals surface area (Å²) in [6.45, 7) is 7.48. The van der Waals surface area contributed by atoms with E-state index in [9.17, 15) is 9.59 Å². The molecule has 31 heavy (non-hydrogen) atoms. The van der Waals surface area contributed by atoms with Crippen LogP contribution in [0.1, 0.15) is 31.2 Å². The Hall–Kier alpha value is -2.54. The third-order valence-electron chi connectivity index (χ3n) is 6.38. The van der Waals surface area contributed by atoms with Gasteiger partial charge in [-0.05, 0) is 42.9 Å². The van der Waals surface area contributed by atoms with Crippen molar-refractivity contribution in [3.63, 3.8) is 0 Å². The van der Waals surface area contributed by atoms with Crippen LogP contribution in [-0.4, -0.2) is 74.2 Å². The molecule has 170 valence electrons. The van der Waals surface area contributed by atoms with Crippen LogP contribution in [0.4, 0.5) is 4.79 Å². The van der Waals surface area contributed by atoms with Crippen LogP contribution in [0.5, 0.6) is 5.75 Å². The molecule has 3 rings (SSSR count). The van der Waals surface area contributed by atoms with Gasteiger partial charge < -0.3 is 20.3 Å². The molecule has 1 aliphatic heterocycles. The number of amides is 3. The molecular formula is C24H36N4O3. The van der Waals surface area contributed by atoms with Crippen LogP contribution < -0.4 is 15.4 Å². The van der Waals surface area contributed by atoms with E-state index in [-0.39, 0.29) is 18.0 Å². The predicted octanol–water partition coefficient (Wildman–Crippen LogP) is 2.43. The van der Waals surface area contributed by atoms with Gasteiger partial charge in [0.2, 0.25) is 5.91 Å². The minimum atomic E-state index is -0.100. The predicted molar refractivity (Wildman–Crippen MR) is 122 cm³/mol. The smallest absolute Gasteiger partial charge is 0.317 e. The van der Waals surface area contributed by atoms with Gasteiger partial charge in [-0.2, -0.15) is 0 Å². The van der Waals surface area contributed by atoms with Crippen LogP contribution in [0.3, 0.4) is 0 Å². The number of methoxy groups -OCH3 is 1. The van der Waals surface area contributed by atoms with E-state index in [1.54, 1.807) is 13.2 Å². The number of nitrogens with zero attached hydrogens (tertiary/aromatic N) is 2. The number of carbonyl (C=O) groups excluding carboxylic acids is 2. The lowest BCUT2D eigenvalue weighted by atomic mass is 9.95. The standard InChI is InChI=1S/C24H36N4O3/c1-3-13-26-24(30)28-17-15-27(16-18-28)22(20-6-4-5-7-20)23(29)25-14-12-19-8-10-21(31-2)11-9-19/h3,8-11,20,22H,1,4-7,12-18H2,2H3,(H,25,29)(H,26,30). The van der Waals surface area contributed by atoms with Crippen molar-refractivity contribution in [2.24, 2.45) is 5.92 Å². The Labute approximate surface area is 185 Å². The fraction of sp³-hybridized carbons (Fsp3) is 0.583. The summed E-state index contributed by atoms with van der Waals surface area (Å²) in [5, 5.41) is 6.02. The second-order valence-electron chi connectivity index (χ2n) is 8.38. The Morgan fingerprint density at radius 3 is 2.42 bits per heavy atom. The summed E-state index contributed by atoms with van der Waals surface area (Å²) in [5.41, 5.74) is 1.18. The van der Waals surface area contributed by atoms with Crippen molar-refractivity contribution in [1.82, 2.24) is 20.4 Å². The van der Waals surface area contributed by atoms with Gasteiger partial charge in [0.1, 0.15) is 5.75 Å².